The Morgan fingerprint density at radius 2 is 1.80 bits per heavy atom. The number of hydrogen-bond acceptors (Lipinski definition) is 4. The number of halogens is 1. The van der Waals surface area contributed by atoms with Gasteiger partial charge in [-0.2, -0.15) is 14.8 Å². The van der Waals surface area contributed by atoms with Gasteiger partial charge >= 0.3 is 0 Å². The molecule has 2 N–H and O–H groups in total. The first-order valence-corrected chi connectivity index (χ1v) is 9.53. The van der Waals surface area contributed by atoms with Gasteiger partial charge in [-0.05, 0) is 31.5 Å². The molecular weight excluding hydrogens is 385 g/mol. The summed E-state index contributed by atoms with van der Waals surface area (Å²) in [7, 11) is 0. The molecule has 8 heteroatoms. The first-order valence-electron chi connectivity index (χ1n) is 9.53. The second-order valence-corrected chi connectivity index (χ2v) is 7.84. The van der Waals surface area contributed by atoms with E-state index in [2.05, 4.69) is 20.4 Å². The molecule has 5 rings (SSSR count). The van der Waals surface area contributed by atoms with Gasteiger partial charge in [-0.3, -0.25) is 14.6 Å². The van der Waals surface area contributed by atoms with Crippen LogP contribution in [0.4, 0.5) is 10.2 Å². The van der Waals surface area contributed by atoms with Gasteiger partial charge < -0.3 is 5.32 Å². The van der Waals surface area contributed by atoms with E-state index in [1.807, 2.05) is 24.3 Å². The summed E-state index contributed by atoms with van der Waals surface area (Å²) in [5.41, 5.74) is 0.848. The van der Waals surface area contributed by atoms with Crippen LogP contribution in [0.15, 0.2) is 53.3 Å². The molecule has 4 aromatic rings. The maximum Gasteiger partial charge on any atom is 0.258 e. The third kappa shape index (κ3) is 2.64. The fourth-order valence-electron chi connectivity index (χ4n) is 3.85. The van der Waals surface area contributed by atoms with E-state index in [0.717, 1.165) is 10.9 Å². The lowest BCUT2D eigenvalue weighted by molar-refractivity contribution is -0.119. The molecule has 2 aromatic carbocycles. The highest BCUT2D eigenvalue weighted by atomic mass is 19.1. The minimum absolute atomic E-state index is 0.188. The third-order valence-corrected chi connectivity index (χ3v) is 5.51. The minimum atomic E-state index is -0.962. The van der Waals surface area contributed by atoms with Gasteiger partial charge in [0, 0.05) is 11.8 Å². The van der Waals surface area contributed by atoms with Crippen LogP contribution >= 0.6 is 0 Å². The number of benzene rings is 2. The van der Waals surface area contributed by atoms with Crippen molar-refractivity contribution in [2.75, 3.05) is 5.32 Å². The highest BCUT2D eigenvalue weighted by molar-refractivity contribution is 6.04. The number of amides is 1. The quantitative estimate of drug-likeness (QED) is 0.550. The van der Waals surface area contributed by atoms with Crippen LogP contribution in [0, 0.1) is 5.82 Å². The predicted molar refractivity (Wildman–Crippen MR) is 110 cm³/mol. The number of rotatable bonds is 3. The Morgan fingerprint density at radius 1 is 1.07 bits per heavy atom. The van der Waals surface area contributed by atoms with E-state index in [1.165, 1.54) is 10.7 Å². The maximum absolute atomic E-state index is 14.2. The molecule has 0 unspecified atom stereocenters. The molecule has 0 atom stereocenters. The molecule has 3 heterocycles. The molecule has 0 saturated carbocycles. The van der Waals surface area contributed by atoms with E-state index in [0.29, 0.717) is 23.2 Å². The molecule has 0 spiro atoms. The Bertz CT molecular complexity index is 1390. The number of fused-ring (bicyclic) bond motifs is 2. The molecule has 150 valence electrons. The molecular formula is C22H18FN5O2. The average molecular weight is 403 g/mol. The molecule has 0 bridgehead atoms. The normalized spacial score (nSPS) is 14.7. The Morgan fingerprint density at radius 3 is 2.60 bits per heavy atom. The summed E-state index contributed by atoms with van der Waals surface area (Å²) in [4.78, 5) is 32.2. The summed E-state index contributed by atoms with van der Waals surface area (Å²) in [6, 6.07) is 14.0. The largest absolute Gasteiger partial charge is 0.309 e. The molecule has 2 aromatic heterocycles. The van der Waals surface area contributed by atoms with E-state index >= 15 is 0 Å². The van der Waals surface area contributed by atoms with Crippen LogP contribution in [0.5, 0.6) is 0 Å². The fraction of sp³-hybridized carbons (Fsp3) is 0.182. The average Bonchev–Trinajstić information content (AvgIpc) is 3.18. The number of H-pyrrole nitrogens is 1. The topological polar surface area (TPSA) is 92.7 Å². The van der Waals surface area contributed by atoms with Crippen molar-refractivity contribution in [3.63, 3.8) is 0 Å². The van der Waals surface area contributed by atoms with E-state index in [9.17, 15) is 14.0 Å². The number of aromatic nitrogens is 4. The van der Waals surface area contributed by atoms with Crippen LogP contribution < -0.4 is 10.9 Å². The summed E-state index contributed by atoms with van der Waals surface area (Å²) in [5, 5.41) is 8.13. The van der Waals surface area contributed by atoms with E-state index in [4.69, 9.17) is 0 Å². The van der Waals surface area contributed by atoms with E-state index in [-0.39, 0.29) is 23.5 Å². The second-order valence-electron chi connectivity index (χ2n) is 7.84. The predicted octanol–water partition coefficient (Wildman–Crippen LogP) is 3.07. The van der Waals surface area contributed by atoms with Crippen molar-refractivity contribution in [2.24, 2.45) is 0 Å². The van der Waals surface area contributed by atoms with Crippen molar-refractivity contribution >= 4 is 22.6 Å². The lowest BCUT2D eigenvalue weighted by Crippen LogP contribution is -2.31. The first kappa shape index (κ1) is 18.2. The van der Waals surface area contributed by atoms with Crippen molar-refractivity contribution in [1.82, 2.24) is 19.7 Å². The molecule has 1 amide bonds. The summed E-state index contributed by atoms with van der Waals surface area (Å²) in [6.07, 6.45) is 0.291. The number of anilines is 1. The second kappa shape index (κ2) is 6.35. The lowest BCUT2D eigenvalue weighted by Gasteiger charge is -2.13. The fourth-order valence-corrected chi connectivity index (χ4v) is 3.85. The number of carbonyl (C=O) groups excluding carboxylic acids is 1. The smallest absolute Gasteiger partial charge is 0.258 e. The molecule has 7 nitrogen and oxygen atoms in total. The molecule has 1 aliphatic heterocycles. The summed E-state index contributed by atoms with van der Waals surface area (Å²) in [6.45, 7) is 3.36. The molecule has 1 aliphatic rings. The third-order valence-electron chi connectivity index (χ3n) is 5.51. The van der Waals surface area contributed by atoms with Gasteiger partial charge in [0.1, 0.15) is 11.6 Å². The van der Waals surface area contributed by atoms with Crippen LogP contribution in [-0.2, 0) is 16.6 Å². The number of carbonyl (C=O) groups is 1. The zero-order valence-corrected chi connectivity index (χ0v) is 16.4. The number of aromatic amines is 1. The van der Waals surface area contributed by atoms with Crippen LogP contribution in [0.2, 0.25) is 0 Å². The van der Waals surface area contributed by atoms with E-state index in [1.54, 1.807) is 32.0 Å². The van der Waals surface area contributed by atoms with Gasteiger partial charge in [-0.1, -0.05) is 36.4 Å². The number of hydrogen-bond donors (Lipinski definition) is 2. The standard InChI is InChI=1S/C22H18FN5O2/c1-22(2)17-18(24-20(22)30)25-21(26-19(17)29)28-16-10-6-4-8-13(16)15(27-28)11-12-7-3-5-9-14(12)23/h3-10H,11H2,1-2H3,(H2,24,25,26,29,30). The van der Waals surface area contributed by atoms with Crippen molar-refractivity contribution in [3.8, 4) is 5.95 Å². The lowest BCUT2D eigenvalue weighted by atomic mass is 9.88. The van der Waals surface area contributed by atoms with Crippen molar-refractivity contribution in [2.45, 2.75) is 25.7 Å². The van der Waals surface area contributed by atoms with Crippen LogP contribution in [0.1, 0.15) is 30.7 Å². The number of nitrogens with zero attached hydrogens (tertiary/aromatic N) is 3. The Labute approximate surface area is 170 Å². The zero-order valence-electron chi connectivity index (χ0n) is 16.4. The molecule has 0 fully saturated rings. The van der Waals surface area contributed by atoms with E-state index < -0.39 is 11.0 Å². The highest BCUT2D eigenvalue weighted by Crippen LogP contribution is 2.33. The van der Waals surface area contributed by atoms with Crippen LogP contribution in [0.3, 0.4) is 0 Å². The molecule has 0 radical (unpaired) electrons. The van der Waals surface area contributed by atoms with Crippen molar-refractivity contribution in [3.05, 3.63) is 81.5 Å². The van der Waals surface area contributed by atoms with Gasteiger partial charge in [-0.15, -0.1) is 0 Å². The van der Waals surface area contributed by atoms with Crippen LogP contribution in [0.25, 0.3) is 16.9 Å². The Kier molecular flexibility index (Phi) is 3.86. The van der Waals surface area contributed by atoms with Crippen LogP contribution in [-0.4, -0.2) is 25.7 Å². The number of para-hydroxylation sites is 1. The van der Waals surface area contributed by atoms with Gasteiger partial charge in [0.05, 0.1) is 22.2 Å². The van der Waals surface area contributed by atoms with Gasteiger partial charge in [0.25, 0.3) is 5.56 Å². The summed E-state index contributed by atoms with van der Waals surface area (Å²) >= 11 is 0. The van der Waals surface area contributed by atoms with Gasteiger partial charge in [-0.25, -0.2) is 4.39 Å². The molecule has 0 aliphatic carbocycles. The highest BCUT2D eigenvalue weighted by Gasteiger charge is 2.42. The molecule has 30 heavy (non-hydrogen) atoms. The van der Waals surface area contributed by atoms with Crippen molar-refractivity contribution in [1.29, 1.82) is 0 Å². The Balaban J connectivity index is 1.68. The summed E-state index contributed by atoms with van der Waals surface area (Å²) < 4.78 is 15.7. The maximum atomic E-state index is 14.2. The van der Waals surface area contributed by atoms with Gasteiger partial charge in [0.2, 0.25) is 11.9 Å². The molecule has 0 saturated heterocycles. The first-order chi connectivity index (χ1) is 14.4. The Hall–Kier alpha value is -3.81. The van der Waals surface area contributed by atoms with Crippen molar-refractivity contribution < 1.29 is 9.18 Å². The summed E-state index contributed by atoms with van der Waals surface area (Å²) in [5.74, 6) is -0.157. The SMILES string of the molecule is CC1(C)C(=O)Nc2nc(-n3nc(Cc4ccccc4F)c4ccccc43)[nH]c(=O)c21. The monoisotopic (exact) mass is 403 g/mol. The number of nitrogens with one attached hydrogen (secondary N) is 2. The van der Waals surface area contributed by atoms with Gasteiger partial charge in [0.15, 0.2) is 0 Å². The minimum Gasteiger partial charge on any atom is -0.309 e. The zero-order chi connectivity index (χ0) is 21.0.